The van der Waals surface area contributed by atoms with Gasteiger partial charge in [0.05, 0.1) is 36.3 Å². The third kappa shape index (κ3) is 9.52. The maximum atomic E-state index is 12.9. The number of hydrogen-bond acceptors (Lipinski definition) is 10. The first-order valence-corrected chi connectivity index (χ1v) is 17.0. The number of halogens is 1. The van der Waals surface area contributed by atoms with Gasteiger partial charge >= 0.3 is 5.97 Å². The molecule has 1 amide bonds. The lowest BCUT2D eigenvalue weighted by molar-refractivity contribution is -0.140. The van der Waals surface area contributed by atoms with E-state index < -0.39 is 30.3 Å². The van der Waals surface area contributed by atoms with E-state index in [1.165, 1.54) is 6.20 Å². The van der Waals surface area contributed by atoms with Gasteiger partial charge in [0, 0.05) is 55.1 Å². The number of nitrogens with one attached hydrogen (secondary N) is 1. The summed E-state index contributed by atoms with van der Waals surface area (Å²) < 4.78 is 19.1. The fourth-order valence-corrected chi connectivity index (χ4v) is 6.33. The molecule has 5 rings (SSSR count). The molecule has 0 saturated carbocycles. The van der Waals surface area contributed by atoms with Gasteiger partial charge in [-0.3, -0.25) is 19.9 Å². The van der Waals surface area contributed by atoms with Crippen LogP contribution in [0.2, 0.25) is 5.02 Å². The Morgan fingerprint density at radius 2 is 1.98 bits per heavy atom. The van der Waals surface area contributed by atoms with E-state index in [4.69, 9.17) is 25.8 Å². The molecule has 2 heterocycles. The first kappa shape index (κ1) is 37.5. The number of carboxylic acids is 1. The van der Waals surface area contributed by atoms with Crippen molar-refractivity contribution in [2.45, 2.75) is 50.7 Å². The number of allylic oxidation sites excluding steroid dienone is 2. The van der Waals surface area contributed by atoms with E-state index in [2.05, 4.69) is 16.4 Å². The van der Waals surface area contributed by atoms with Crippen molar-refractivity contribution in [3.8, 4) is 17.6 Å². The Hall–Kier alpha value is -4.77. The summed E-state index contributed by atoms with van der Waals surface area (Å²) in [5, 5.41) is 41.2. The number of aliphatic hydroxyl groups is 2. The number of ether oxygens (including phenoxy) is 3. The smallest absolute Gasteiger partial charge is 0.323 e. The van der Waals surface area contributed by atoms with Crippen LogP contribution in [0.25, 0.3) is 5.57 Å². The molecule has 268 valence electrons. The van der Waals surface area contributed by atoms with Crippen molar-refractivity contribution in [3.63, 3.8) is 0 Å². The molecular weight excluding hydrogens is 676 g/mol. The standard InChI is InChI=1S/C38H41ClN4O8/c1-25-31(28-6-3-2-4-7-28)8-5-11-38(25,51-13-10-36(46)43-12-9-30(45)21-43)24-50-35-16-34(49-23-27-14-26(17-40)18-41-19-27)29(15-32(35)39)20-42-33(22-44)37(47)48/h2-8,11,14-16,18-19,25,30,33,42,44-45H,9-10,12-13,20-24H2,1H3,(H,47,48)/t25?,30-,33?,38?/m1/s1. The molecule has 13 heteroatoms. The summed E-state index contributed by atoms with van der Waals surface area (Å²) in [5.41, 5.74) is 2.55. The Balaban J connectivity index is 1.40. The number of aromatic nitrogens is 1. The van der Waals surface area contributed by atoms with Gasteiger partial charge in [0.25, 0.3) is 0 Å². The van der Waals surface area contributed by atoms with Gasteiger partial charge in [-0.15, -0.1) is 0 Å². The first-order chi connectivity index (χ1) is 24.6. The number of aliphatic hydroxyl groups excluding tert-OH is 2. The molecule has 1 aliphatic heterocycles. The fraction of sp³-hybridized carbons (Fsp3) is 0.368. The van der Waals surface area contributed by atoms with E-state index in [1.54, 1.807) is 29.3 Å². The normalized spacial score (nSPS) is 20.4. The monoisotopic (exact) mass is 716 g/mol. The highest BCUT2D eigenvalue weighted by molar-refractivity contribution is 6.32. The quantitative estimate of drug-likeness (QED) is 0.168. The average Bonchev–Trinajstić information content (AvgIpc) is 3.58. The second kappa shape index (κ2) is 17.4. The van der Waals surface area contributed by atoms with Crippen LogP contribution in [0.5, 0.6) is 11.5 Å². The molecule has 0 bridgehead atoms. The molecule has 1 aromatic heterocycles. The molecule has 0 radical (unpaired) electrons. The van der Waals surface area contributed by atoms with Crippen molar-refractivity contribution in [2.24, 2.45) is 5.92 Å². The highest BCUT2D eigenvalue weighted by Crippen LogP contribution is 2.41. The molecule has 3 aromatic rings. The van der Waals surface area contributed by atoms with Crippen LogP contribution >= 0.6 is 11.6 Å². The van der Waals surface area contributed by atoms with Crippen LogP contribution in [-0.2, 0) is 27.5 Å². The molecule has 4 atom stereocenters. The first-order valence-electron chi connectivity index (χ1n) is 16.7. The van der Waals surface area contributed by atoms with Gasteiger partial charge in [0.15, 0.2) is 0 Å². The van der Waals surface area contributed by atoms with Gasteiger partial charge in [-0.1, -0.05) is 61.0 Å². The summed E-state index contributed by atoms with van der Waals surface area (Å²) in [7, 11) is 0. The van der Waals surface area contributed by atoms with Crippen LogP contribution in [0.4, 0.5) is 0 Å². The molecule has 51 heavy (non-hydrogen) atoms. The highest BCUT2D eigenvalue weighted by Gasteiger charge is 2.40. The number of nitriles is 1. The molecule has 1 saturated heterocycles. The van der Waals surface area contributed by atoms with Gasteiger partial charge in [-0.2, -0.15) is 5.26 Å². The van der Waals surface area contributed by atoms with Crippen molar-refractivity contribution in [1.29, 1.82) is 5.26 Å². The second-order valence-corrected chi connectivity index (χ2v) is 12.9. The molecule has 4 N–H and O–H groups in total. The number of hydrogen-bond donors (Lipinski definition) is 4. The van der Waals surface area contributed by atoms with Crippen molar-refractivity contribution in [1.82, 2.24) is 15.2 Å². The van der Waals surface area contributed by atoms with Gasteiger partial charge in [0.1, 0.15) is 42.4 Å². The molecule has 12 nitrogen and oxygen atoms in total. The number of carbonyl (C=O) groups excluding carboxylic acids is 1. The van der Waals surface area contributed by atoms with Gasteiger partial charge in [-0.05, 0) is 35.8 Å². The number of β-amino-alcohol motifs (C(OH)–C–C–N with tert-alkyl or cyclic N) is 1. The summed E-state index contributed by atoms with van der Waals surface area (Å²) in [6.45, 7) is 2.42. The predicted molar refractivity (Wildman–Crippen MR) is 189 cm³/mol. The van der Waals surface area contributed by atoms with Crippen LogP contribution in [-0.4, -0.2) is 87.7 Å². The van der Waals surface area contributed by atoms with Crippen molar-refractivity contribution < 1.29 is 39.1 Å². The minimum atomic E-state index is -1.21. The van der Waals surface area contributed by atoms with Gasteiger partial charge in [-0.25, -0.2) is 0 Å². The second-order valence-electron chi connectivity index (χ2n) is 12.5. The minimum Gasteiger partial charge on any atom is -0.489 e. The lowest BCUT2D eigenvalue weighted by Gasteiger charge is -2.39. The molecule has 2 aromatic carbocycles. The molecular formula is C38H41ClN4O8. The Labute approximate surface area is 301 Å². The molecule has 0 spiro atoms. The number of rotatable bonds is 16. The number of likely N-dealkylation sites (tertiary alicyclic amines) is 1. The fourth-order valence-electron chi connectivity index (χ4n) is 6.09. The van der Waals surface area contributed by atoms with Crippen molar-refractivity contribution >= 4 is 29.1 Å². The number of carbonyl (C=O) groups is 2. The summed E-state index contributed by atoms with van der Waals surface area (Å²) in [4.78, 5) is 30.2. The van der Waals surface area contributed by atoms with Crippen molar-refractivity contribution in [3.05, 3.63) is 106 Å². The maximum absolute atomic E-state index is 12.9. The number of nitrogens with zero attached hydrogens (tertiary/aromatic N) is 3. The van der Waals surface area contributed by atoms with Crippen molar-refractivity contribution in [2.75, 3.05) is 32.9 Å². The van der Waals surface area contributed by atoms with Crippen LogP contribution in [0.15, 0.2) is 79.2 Å². The summed E-state index contributed by atoms with van der Waals surface area (Å²) in [5.74, 6) is -0.911. The van der Waals surface area contributed by atoms with Crippen LogP contribution in [0.1, 0.15) is 42.0 Å². The topological polar surface area (TPSA) is 174 Å². The molecule has 3 unspecified atom stereocenters. The minimum absolute atomic E-state index is 0.00344. The van der Waals surface area contributed by atoms with E-state index in [0.29, 0.717) is 42.0 Å². The Kier molecular flexibility index (Phi) is 12.8. The number of benzene rings is 2. The maximum Gasteiger partial charge on any atom is 0.323 e. The van der Waals surface area contributed by atoms with E-state index >= 15 is 0 Å². The summed E-state index contributed by atoms with van der Waals surface area (Å²) >= 11 is 6.76. The van der Waals surface area contributed by atoms with Crippen LogP contribution in [0, 0.1) is 17.2 Å². The number of amides is 1. The molecule has 2 aliphatic rings. The zero-order valence-electron chi connectivity index (χ0n) is 28.2. The highest BCUT2D eigenvalue weighted by atomic mass is 35.5. The van der Waals surface area contributed by atoms with E-state index in [9.17, 15) is 30.2 Å². The number of carboxylic acid groups (broad SMARTS) is 1. The summed E-state index contributed by atoms with van der Waals surface area (Å²) in [6.07, 6.45) is 9.07. The average molecular weight is 717 g/mol. The third-order valence-corrected chi connectivity index (χ3v) is 9.37. The third-order valence-electron chi connectivity index (χ3n) is 9.07. The number of pyridine rings is 1. The molecule has 1 aliphatic carbocycles. The van der Waals surface area contributed by atoms with E-state index in [1.807, 2.05) is 55.5 Å². The SMILES string of the molecule is CC1C(c2ccccc2)=CC=CC1(COc1cc(OCc2cncc(C#N)c2)c(CNC(CO)C(=O)O)cc1Cl)OCCC(=O)N1CC[C@@H](O)C1. The summed E-state index contributed by atoms with van der Waals surface area (Å²) in [6, 6.07) is 15.6. The number of aliphatic carboxylic acids is 1. The van der Waals surface area contributed by atoms with Crippen LogP contribution in [0.3, 0.4) is 0 Å². The van der Waals surface area contributed by atoms with Gasteiger partial charge < -0.3 is 34.4 Å². The van der Waals surface area contributed by atoms with Gasteiger partial charge in [0.2, 0.25) is 5.91 Å². The van der Waals surface area contributed by atoms with E-state index in [0.717, 1.165) is 11.1 Å². The zero-order chi connectivity index (χ0) is 36.4. The Morgan fingerprint density at radius 1 is 1.18 bits per heavy atom. The Bertz CT molecular complexity index is 1800. The zero-order valence-corrected chi connectivity index (χ0v) is 29.0. The lowest BCUT2D eigenvalue weighted by atomic mass is 9.77. The lowest BCUT2D eigenvalue weighted by Crippen LogP contribution is -2.46. The van der Waals surface area contributed by atoms with Crippen LogP contribution < -0.4 is 14.8 Å². The van der Waals surface area contributed by atoms with E-state index in [-0.39, 0.29) is 55.4 Å². The Morgan fingerprint density at radius 3 is 2.69 bits per heavy atom. The largest absolute Gasteiger partial charge is 0.489 e. The predicted octanol–water partition coefficient (Wildman–Crippen LogP) is 4.13. The molecule has 1 fully saturated rings.